The van der Waals surface area contributed by atoms with Crippen LogP contribution in [0.15, 0.2) is 156 Å². The topological polar surface area (TPSA) is 125 Å². The molecule has 2 heterocycles. The molecule has 0 bridgehead atoms. The zero-order valence-electron chi connectivity index (χ0n) is 28.4. The van der Waals surface area contributed by atoms with Crippen LogP contribution in [0.1, 0.15) is 26.7 Å². The standard InChI is InChI=1S/C42H33N5O4S2/c1-51-37-22-11-9-20-33(37)36-26-52-42(46-36)47-41(50)38(27-13-4-2-5-14-27)53-31-18-12-17-30(24-31)44-40(49)35(45-39(48)28-15-6-3-7-16-28)23-29-25-43-34-21-10-8-19-32(29)34/h2-26,38,43H,1H3,(H,44,49)(H,45,48)(H,46,47,50)/b35-23-. The van der Waals surface area contributed by atoms with Crippen molar-refractivity contribution in [1.82, 2.24) is 15.3 Å². The van der Waals surface area contributed by atoms with Crippen LogP contribution < -0.4 is 20.7 Å². The van der Waals surface area contributed by atoms with Crippen molar-refractivity contribution < 1.29 is 19.1 Å². The molecule has 0 saturated heterocycles. The van der Waals surface area contributed by atoms with Crippen molar-refractivity contribution in [1.29, 1.82) is 0 Å². The van der Waals surface area contributed by atoms with Crippen molar-refractivity contribution in [3.63, 3.8) is 0 Å². The highest BCUT2D eigenvalue weighted by molar-refractivity contribution is 8.00. The summed E-state index contributed by atoms with van der Waals surface area (Å²) < 4.78 is 5.50. The Labute approximate surface area is 314 Å². The minimum absolute atomic E-state index is 0.0686. The molecule has 0 aliphatic carbocycles. The molecule has 0 saturated carbocycles. The molecule has 9 nitrogen and oxygen atoms in total. The minimum atomic E-state index is -0.636. The van der Waals surface area contributed by atoms with Crippen molar-refractivity contribution in [2.45, 2.75) is 10.1 Å². The van der Waals surface area contributed by atoms with E-state index in [1.807, 2.05) is 102 Å². The number of aromatic amines is 1. The number of carbonyl (C=O) groups is 3. The van der Waals surface area contributed by atoms with Gasteiger partial charge in [0.15, 0.2) is 5.13 Å². The summed E-state index contributed by atoms with van der Waals surface area (Å²) in [5.41, 5.74) is 4.97. The molecule has 53 heavy (non-hydrogen) atoms. The van der Waals surface area contributed by atoms with E-state index in [9.17, 15) is 14.4 Å². The van der Waals surface area contributed by atoms with E-state index in [4.69, 9.17) is 4.74 Å². The van der Waals surface area contributed by atoms with Crippen LogP contribution in [-0.4, -0.2) is 34.8 Å². The lowest BCUT2D eigenvalue weighted by Gasteiger charge is -2.17. The summed E-state index contributed by atoms with van der Waals surface area (Å²) in [6.07, 6.45) is 3.45. The third kappa shape index (κ3) is 8.39. The van der Waals surface area contributed by atoms with Gasteiger partial charge >= 0.3 is 0 Å². The van der Waals surface area contributed by atoms with Crippen LogP contribution in [0.5, 0.6) is 5.75 Å². The summed E-state index contributed by atoms with van der Waals surface area (Å²) in [6, 6.07) is 40.8. The molecule has 1 unspecified atom stereocenters. The molecule has 11 heteroatoms. The molecule has 262 valence electrons. The van der Waals surface area contributed by atoms with Crippen molar-refractivity contribution in [2.75, 3.05) is 17.7 Å². The molecular weight excluding hydrogens is 703 g/mol. The predicted molar refractivity (Wildman–Crippen MR) is 213 cm³/mol. The lowest BCUT2D eigenvalue weighted by Crippen LogP contribution is -2.30. The number of aromatic nitrogens is 2. The van der Waals surface area contributed by atoms with Crippen LogP contribution in [-0.2, 0) is 9.59 Å². The molecule has 1 atom stereocenters. The van der Waals surface area contributed by atoms with Crippen LogP contribution in [0.2, 0.25) is 0 Å². The second-order valence-corrected chi connectivity index (χ2v) is 13.8. The number of hydrogen-bond acceptors (Lipinski definition) is 7. The number of ether oxygens (including phenoxy) is 1. The molecule has 4 N–H and O–H groups in total. The van der Waals surface area contributed by atoms with E-state index in [0.717, 1.165) is 32.5 Å². The van der Waals surface area contributed by atoms with Gasteiger partial charge in [0, 0.05) is 49.8 Å². The molecule has 0 spiro atoms. The summed E-state index contributed by atoms with van der Waals surface area (Å²) in [5, 5.41) is 11.4. The third-order valence-electron chi connectivity index (χ3n) is 8.25. The largest absolute Gasteiger partial charge is 0.496 e. The van der Waals surface area contributed by atoms with Crippen LogP contribution >= 0.6 is 23.1 Å². The smallest absolute Gasteiger partial charge is 0.272 e. The number of nitrogens with zero attached hydrogens (tertiary/aromatic N) is 1. The van der Waals surface area contributed by atoms with Gasteiger partial charge in [0.1, 0.15) is 16.7 Å². The maximum Gasteiger partial charge on any atom is 0.272 e. The number of benzene rings is 5. The maximum atomic E-state index is 13.9. The Bertz CT molecular complexity index is 2420. The van der Waals surface area contributed by atoms with Gasteiger partial charge in [-0.25, -0.2) is 4.98 Å². The molecule has 2 aromatic heterocycles. The Morgan fingerprint density at radius 2 is 1.57 bits per heavy atom. The van der Waals surface area contributed by atoms with E-state index in [0.29, 0.717) is 27.8 Å². The zero-order valence-corrected chi connectivity index (χ0v) is 30.0. The van der Waals surface area contributed by atoms with Crippen LogP contribution in [0.3, 0.4) is 0 Å². The molecule has 0 aliphatic rings. The van der Waals surface area contributed by atoms with Gasteiger partial charge in [-0.1, -0.05) is 84.9 Å². The number of methoxy groups -OCH3 is 1. The van der Waals surface area contributed by atoms with Crippen LogP contribution in [0, 0.1) is 0 Å². The molecular formula is C42H33N5O4S2. The molecule has 0 aliphatic heterocycles. The Hall–Kier alpha value is -6.43. The van der Waals surface area contributed by atoms with Crippen LogP contribution in [0.4, 0.5) is 10.8 Å². The highest BCUT2D eigenvalue weighted by Crippen LogP contribution is 2.38. The number of nitrogens with one attached hydrogen (secondary N) is 4. The number of hydrogen-bond donors (Lipinski definition) is 4. The zero-order chi connectivity index (χ0) is 36.6. The highest BCUT2D eigenvalue weighted by atomic mass is 32.2. The fraction of sp³-hybridized carbons (Fsp3) is 0.0476. The van der Waals surface area contributed by atoms with Crippen molar-refractivity contribution in [3.8, 4) is 17.0 Å². The highest BCUT2D eigenvalue weighted by Gasteiger charge is 2.24. The summed E-state index contributed by atoms with van der Waals surface area (Å²) in [7, 11) is 1.61. The van der Waals surface area contributed by atoms with E-state index in [1.54, 1.807) is 55.8 Å². The first-order chi connectivity index (χ1) is 25.9. The maximum absolute atomic E-state index is 13.9. The number of thioether (sulfide) groups is 1. The van der Waals surface area contributed by atoms with Gasteiger partial charge in [0.25, 0.3) is 11.8 Å². The Morgan fingerprint density at radius 3 is 2.38 bits per heavy atom. The molecule has 7 aromatic rings. The SMILES string of the molecule is COc1ccccc1-c1csc(NC(=O)C(Sc2cccc(NC(=O)/C(=C/c3c[nH]c4ccccc34)NC(=O)c3ccccc3)c2)c2ccccc2)n1. The molecule has 3 amide bonds. The second-order valence-electron chi connectivity index (χ2n) is 11.8. The second kappa shape index (κ2) is 16.3. The Morgan fingerprint density at radius 1 is 0.830 bits per heavy atom. The van der Waals surface area contributed by atoms with Gasteiger partial charge in [-0.15, -0.1) is 23.1 Å². The fourth-order valence-electron chi connectivity index (χ4n) is 5.68. The molecule has 7 rings (SSSR count). The van der Waals surface area contributed by atoms with E-state index >= 15 is 0 Å². The summed E-state index contributed by atoms with van der Waals surface area (Å²) in [6.45, 7) is 0. The Balaban J connectivity index is 1.12. The molecule has 5 aromatic carbocycles. The summed E-state index contributed by atoms with van der Waals surface area (Å²) in [5.74, 6) is -0.472. The summed E-state index contributed by atoms with van der Waals surface area (Å²) in [4.78, 5) is 49.6. The Kier molecular flexibility index (Phi) is 10.7. The van der Waals surface area contributed by atoms with E-state index in [-0.39, 0.29) is 11.6 Å². The number of anilines is 2. The number of fused-ring (bicyclic) bond motifs is 1. The van der Waals surface area contributed by atoms with Gasteiger partial charge in [0.2, 0.25) is 5.91 Å². The van der Waals surface area contributed by atoms with Gasteiger partial charge in [-0.05, 0) is 60.2 Å². The van der Waals surface area contributed by atoms with E-state index < -0.39 is 17.1 Å². The number of para-hydroxylation sites is 2. The first kappa shape index (κ1) is 35.0. The first-order valence-electron chi connectivity index (χ1n) is 16.6. The average Bonchev–Trinajstić information content (AvgIpc) is 3.84. The quantitative estimate of drug-likeness (QED) is 0.0733. The number of thiazole rings is 1. The van der Waals surface area contributed by atoms with Gasteiger partial charge < -0.3 is 25.7 Å². The summed E-state index contributed by atoms with van der Waals surface area (Å²) >= 11 is 2.68. The lowest BCUT2D eigenvalue weighted by atomic mass is 10.1. The number of carbonyl (C=O) groups excluding carboxylic acids is 3. The van der Waals surface area contributed by atoms with E-state index in [1.165, 1.54) is 23.1 Å². The fourth-order valence-corrected chi connectivity index (χ4v) is 7.47. The number of rotatable bonds is 12. The lowest BCUT2D eigenvalue weighted by molar-refractivity contribution is -0.116. The van der Waals surface area contributed by atoms with Crippen LogP contribution in [0.25, 0.3) is 28.2 Å². The van der Waals surface area contributed by atoms with Crippen molar-refractivity contribution in [3.05, 3.63) is 167 Å². The molecule has 0 fully saturated rings. The third-order valence-corrected chi connectivity index (χ3v) is 10.3. The normalized spacial score (nSPS) is 11.8. The molecule has 0 radical (unpaired) electrons. The van der Waals surface area contributed by atoms with Gasteiger partial charge in [0.05, 0.1) is 12.8 Å². The van der Waals surface area contributed by atoms with Crippen molar-refractivity contribution in [2.24, 2.45) is 0 Å². The number of amides is 3. The average molecular weight is 736 g/mol. The van der Waals surface area contributed by atoms with E-state index in [2.05, 4.69) is 25.9 Å². The minimum Gasteiger partial charge on any atom is -0.496 e. The van der Waals surface area contributed by atoms with Gasteiger partial charge in [-0.3, -0.25) is 14.4 Å². The van der Waals surface area contributed by atoms with Crippen molar-refractivity contribution >= 4 is 68.6 Å². The number of H-pyrrole nitrogens is 1. The monoisotopic (exact) mass is 735 g/mol. The van der Waals surface area contributed by atoms with Gasteiger partial charge in [-0.2, -0.15) is 0 Å². The predicted octanol–water partition coefficient (Wildman–Crippen LogP) is 9.18. The first-order valence-corrected chi connectivity index (χ1v) is 18.4.